The second-order valence-corrected chi connectivity index (χ2v) is 5.47. The van der Waals surface area contributed by atoms with Crippen LogP contribution < -0.4 is 5.73 Å². The summed E-state index contributed by atoms with van der Waals surface area (Å²) in [6.07, 6.45) is 0.834. The van der Waals surface area contributed by atoms with E-state index in [1.54, 1.807) is 14.2 Å². The predicted molar refractivity (Wildman–Crippen MR) is 55.2 cm³/mol. The minimum Gasteiger partial charge on any atom is -0.394 e. The van der Waals surface area contributed by atoms with E-state index >= 15 is 0 Å². The summed E-state index contributed by atoms with van der Waals surface area (Å²) in [6, 6.07) is 1.10. The van der Waals surface area contributed by atoms with Crippen LogP contribution in [0.4, 0.5) is 0 Å². The normalized spacial score (nSPS) is 15.7. The zero-order valence-electron chi connectivity index (χ0n) is 8.79. The van der Waals surface area contributed by atoms with Crippen LogP contribution in [0.25, 0.3) is 0 Å². The van der Waals surface area contributed by atoms with Crippen LogP contribution in [-0.4, -0.2) is 42.7 Å². The van der Waals surface area contributed by atoms with E-state index in [4.69, 9.17) is 19.6 Å². The van der Waals surface area contributed by atoms with Crippen molar-refractivity contribution in [3.05, 3.63) is 0 Å². The molecule has 0 saturated heterocycles. The molecule has 0 aliphatic heterocycles. The standard InChI is InChI=1S/C8H21NO3Si/c1-10-7-8(11-2)12-13(3)6-4-5-9/h8,13H,4-7,9H2,1-3H3. The molecule has 0 heterocycles. The quantitative estimate of drug-likeness (QED) is 0.460. The lowest BCUT2D eigenvalue weighted by Gasteiger charge is -2.19. The summed E-state index contributed by atoms with van der Waals surface area (Å²) >= 11 is 0. The van der Waals surface area contributed by atoms with Crippen molar-refractivity contribution >= 4 is 9.04 Å². The van der Waals surface area contributed by atoms with Gasteiger partial charge in [0, 0.05) is 14.2 Å². The number of nitrogens with two attached hydrogens (primary N) is 1. The van der Waals surface area contributed by atoms with E-state index in [0.717, 1.165) is 19.0 Å². The van der Waals surface area contributed by atoms with Crippen LogP contribution >= 0.6 is 0 Å². The van der Waals surface area contributed by atoms with Crippen molar-refractivity contribution in [1.29, 1.82) is 0 Å². The molecule has 0 aliphatic carbocycles. The monoisotopic (exact) mass is 207 g/mol. The summed E-state index contributed by atoms with van der Waals surface area (Å²) in [5, 5.41) is 0. The van der Waals surface area contributed by atoms with Crippen LogP contribution in [-0.2, 0) is 13.9 Å². The fraction of sp³-hybridized carbons (Fsp3) is 1.00. The lowest BCUT2D eigenvalue weighted by atomic mass is 10.5. The van der Waals surface area contributed by atoms with Crippen LogP contribution in [0, 0.1) is 0 Å². The fourth-order valence-corrected chi connectivity index (χ4v) is 2.69. The van der Waals surface area contributed by atoms with Crippen LogP contribution in [0.3, 0.4) is 0 Å². The van der Waals surface area contributed by atoms with Gasteiger partial charge in [0.15, 0.2) is 15.3 Å². The Morgan fingerprint density at radius 3 is 2.54 bits per heavy atom. The zero-order chi connectivity index (χ0) is 10.1. The number of hydrogen-bond donors (Lipinski definition) is 1. The van der Waals surface area contributed by atoms with Gasteiger partial charge in [-0.25, -0.2) is 0 Å². The third-order valence-electron chi connectivity index (χ3n) is 1.76. The highest BCUT2D eigenvalue weighted by molar-refractivity contribution is 6.50. The van der Waals surface area contributed by atoms with Gasteiger partial charge in [-0.3, -0.25) is 0 Å². The third-order valence-corrected chi connectivity index (χ3v) is 3.75. The van der Waals surface area contributed by atoms with Gasteiger partial charge in [-0.2, -0.15) is 0 Å². The first-order valence-electron chi connectivity index (χ1n) is 4.61. The maximum absolute atomic E-state index is 5.68. The van der Waals surface area contributed by atoms with Crippen LogP contribution in [0.2, 0.25) is 12.6 Å². The molecule has 2 N–H and O–H groups in total. The zero-order valence-corrected chi connectivity index (χ0v) is 9.94. The van der Waals surface area contributed by atoms with Crippen molar-refractivity contribution < 1.29 is 13.9 Å². The van der Waals surface area contributed by atoms with E-state index in [0.29, 0.717) is 6.61 Å². The molecular formula is C8H21NO3Si. The molecule has 2 unspecified atom stereocenters. The first kappa shape index (κ1) is 13.1. The molecule has 13 heavy (non-hydrogen) atoms. The Morgan fingerprint density at radius 1 is 1.38 bits per heavy atom. The molecule has 0 fully saturated rings. The summed E-state index contributed by atoms with van der Waals surface area (Å²) < 4.78 is 15.7. The molecule has 2 atom stereocenters. The fourth-order valence-electron chi connectivity index (χ4n) is 1.03. The molecule has 0 bridgehead atoms. The molecule has 0 aromatic carbocycles. The van der Waals surface area contributed by atoms with Gasteiger partial charge in [0.1, 0.15) is 0 Å². The molecule has 0 rings (SSSR count). The highest BCUT2D eigenvalue weighted by Crippen LogP contribution is 2.03. The molecule has 0 saturated carbocycles. The number of rotatable bonds is 8. The number of hydrogen-bond acceptors (Lipinski definition) is 4. The summed E-state index contributed by atoms with van der Waals surface area (Å²) in [7, 11) is 2.16. The maximum Gasteiger partial charge on any atom is 0.177 e. The van der Waals surface area contributed by atoms with E-state index in [9.17, 15) is 0 Å². The van der Waals surface area contributed by atoms with E-state index in [1.165, 1.54) is 0 Å². The second-order valence-electron chi connectivity index (χ2n) is 3.00. The van der Waals surface area contributed by atoms with Gasteiger partial charge in [-0.1, -0.05) is 0 Å². The Kier molecular flexibility index (Phi) is 8.68. The average molecular weight is 207 g/mol. The second kappa shape index (κ2) is 8.65. The van der Waals surface area contributed by atoms with Gasteiger partial charge in [0.2, 0.25) is 0 Å². The van der Waals surface area contributed by atoms with Gasteiger partial charge < -0.3 is 19.6 Å². The highest BCUT2D eigenvalue weighted by atomic mass is 28.3. The molecule has 0 aromatic rings. The van der Waals surface area contributed by atoms with Crippen LogP contribution in [0.5, 0.6) is 0 Å². The Hall–Kier alpha value is 0.0569. The molecule has 0 spiro atoms. The molecule has 80 valence electrons. The lowest BCUT2D eigenvalue weighted by molar-refractivity contribution is -0.0957. The Balaban J connectivity index is 3.53. The largest absolute Gasteiger partial charge is 0.394 e. The molecule has 0 aliphatic rings. The molecule has 0 amide bonds. The van der Waals surface area contributed by atoms with Crippen LogP contribution in [0.1, 0.15) is 6.42 Å². The van der Waals surface area contributed by atoms with E-state index in [2.05, 4.69) is 6.55 Å². The van der Waals surface area contributed by atoms with Crippen molar-refractivity contribution in [3.63, 3.8) is 0 Å². The van der Waals surface area contributed by atoms with Crippen molar-refractivity contribution in [2.24, 2.45) is 5.73 Å². The van der Waals surface area contributed by atoms with Gasteiger partial charge >= 0.3 is 0 Å². The van der Waals surface area contributed by atoms with Crippen molar-refractivity contribution in [2.45, 2.75) is 25.3 Å². The SMILES string of the molecule is COCC(OC)O[SiH](C)CCCN. The topological polar surface area (TPSA) is 53.7 Å². The van der Waals surface area contributed by atoms with Crippen molar-refractivity contribution in [1.82, 2.24) is 0 Å². The number of ether oxygens (including phenoxy) is 2. The summed E-state index contributed by atoms with van der Waals surface area (Å²) in [6.45, 7) is 3.39. The van der Waals surface area contributed by atoms with E-state index in [1.807, 2.05) is 0 Å². The molecule has 4 nitrogen and oxygen atoms in total. The van der Waals surface area contributed by atoms with Gasteiger partial charge in [-0.05, 0) is 25.6 Å². The summed E-state index contributed by atoms with van der Waals surface area (Å²) in [4.78, 5) is 0. The summed E-state index contributed by atoms with van der Waals surface area (Å²) in [5.41, 5.74) is 5.41. The predicted octanol–water partition coefficient (Wildman–Crippen LogP) is 0.324. The minimum absolute atomic E-state index is 0.204. The smallest absolute Gasteiger partial charge is 0.177 e. The highest BCUT2D eigenvalue weighted by Gasteiger charge is 2.12. The molecule has 5 heteroatoms. The van der Waals surface area contributed by atoms with Gasteiger partial charge in [-0.15, -0.1) is 0 Å². The minimum atomic E-state index is -1.11. The number of methoxy groups -OCH3 is 2. The first-order valence-corrected chi connectivity index (χ1v) is 7.06. The van der Waals surface area contributed by atoms with Gasteiger partial charge in [0.05, 0.1) is 6.61 Å². The van der Waals surface area contributed by atoms with Crippen LogP contribution in [0.15, 0.2) is 0 Å². The Bertz CT molecular complexity index is 116. The van der Waals surface area contributed by atoms with E-state index in [-0.39, 0.29) is 6.29 Å². The average Bonchev–Trinajstić information content (AvgIpc) is 2.14. The summed E-state index contributed by atoms with van der Waals surface area (Å²) in [5.74, 6) is 0. The van der Waals surface area contributed by atoms with E-state index < -0.39 is 9.04 Å². The van der Waals surface area contributed by atoms with Crippen molar-refractivity contribution in [3.8, 4) is 0 Å². The lowest BCUT2D eigenvalue weighted by Crippen LogP contribution is -2.28. The Morgan fingerprint density at radius 2 is 2.08 bits per heavy atom. The molecule has 0 radical (unpaired) electrons. The molecular weight excluding hydrogens is 186 g/mol. The van der Waals surface area contributed by atoms with Gasteiger partial charge in [0.25, 0.3) is 0 Å². The third kappa shape index (κ3) is 7.15. The van der Waals surface area contributed by atoms with Crippen molar-refractivity contribution in [2.75, 3.05) is 27.4 Å². The molecule has 0 aromatic heterocycles. The Labute approximate surface area is 82.1 Å². The first-order chi connectivity index (χ1) is 6.24. The maximum atomic E-state index is 5.68.